The van der Waals surface area contributed by atoms with E-state index in [0.29, 0.717) is 6.42 Å². The van der Waals surface area contributed by atoms with Gasteiger partial charge in [-0.15, -0.1) is 0 Å². The molecule has 1 amide bonds. The lowest BCUT2D eigenvalue weighted by Gasteiger charge is -2.22. The Morgan fingerprint density at radius 1 is 1.20 bits per heavy atom. The number of hydrogen-bond donors (Lipinski definition) is 1. The smallest absolute Gasteiger partial charge is 0.243 e. The molecule has 6 nitrogen and oxygen atoms in total. The molecule has 0 saturated carbocycles. The fourth-order valence-corrected chi connectivity index (χ4v) is 3.07. The first-order valence-electron chi connectivity index (χ1n) is 6.28. The molecule has 0 aliphatic heterocycles. The first-order chi connectivity index (χ1) is 9.28. The van der Waals surface area contributed by atoms with Crippen molar-refractivity contribution in [3.63, 3.8) is 0 Å². The van der Waals surface area contributed by atoms with Crippen LogP contribution in [0.4, 0.5) is 0 Å². The normalized spacial score (nSPS) is 11.6. The number of carbonyl (C=O) groups excluding carboxylic acids is 1. The second-order valence-corrected chi connectivity index (χ2v) is 6.56. The van der Waals surface area contributed by atoms with Gasteiger partial charge in [0.05, 0.1) is 11.4 Å². The minimum Gasteiger partial charge on any atom is -0.508 e. The summed E-state index contributed by atoms with van der Waals surface area (Å²) in [6.07, 6.45) is 0.609. The van der Waals surface area contributed by atoms with Crippen molar-refractivity contribution in [1.82, 2.24) is 9.21 Å². The van der Waals surface area contributed by atoms with Crippen molar-refractivity contribution in [2.45, 2.75) is 18.2 Å². The molecule has 0 aromatic heterocycles. The van der Waals surface area contributed by atoms with Crippen LogP contribution in [0.15, 0.2) is 29.2 Å². The van der Waals surface area contributed by atoms with Gasteiger partial charge in [0.15, 0.2) is 0 Å². The highest BCUT2D eigenvalue weighted by atomic mass is 32.2. The SMILES string of the molecule is CCCN(CC(=O)N(C)C)S(=O)(=O)c1ccc(O)cc1. The number of benzene rings is 1. The van der Waals surface area contributed by atoms with Crippen LogP contribution < -0.4 is 0 Å². The minimum atomic E-state index is -3.73. The number of carbonyl (C=O) groups is 1. The molecule has 1 aromatic carbocycles. The van der Waals surface area contributed by atoms with E-state index in [1.54, 1.807) is 14.1 Å². The van der Waals surface area contributed by atoms with E-state index < -0.39 is 10.0 Å². The highest BCUT2D eigenvalue weighted by molar-refractivity contribution is 7.89. The number of aromatic hydroxyl groups is 1. The molecule has 112 valence electrons. The lowest BCUT2D eigenvalue weighted by molar-refractivity contribution is -0.128. The lowest BCUT2D eigenvalue weighted by atomic mass is 10.3. The fraction of sp³-hybridized carbons (Fsp3) is 0.462. The van der Waals surface area contributed by atoms with E-state index in [2.05, 4.69) is 0 Å². The second-order valence-electron chi connectivity index (χ2n) is 4.62. The van der Waals surface area contributed by atoms with E-state index >= 15 is 0 Å². The lowest BCUT2D eigenvalue weighted by Crippen LogP contribution is -2.40. The molecular weight excluding hydrogens is 280 g/mol. The maximum Gasteiger partial charge on any atom is 0.243 e. The quantitative estimate of drug-likeness (QED) is 0.846. The molecule has 0 fully saturated rings. The zero-order valence-electron chi connectivity index (χ0n) is 11.9. The van der Waals surface area contributed by atoms with Crippen LogP contribution >= 0.6 is 0 Å². The van der Waals surface area contributed by atoms with Crippen LogP contribution in [0.5, 0.6) is 5.75 Å². The first kappa shape index (κ1) is 16.5. The van der Waals surface area contributed by atoms with Crippen molar-refractivity contribution in [2.24, 2.45) is 0 Å². The Morgan fingerprint density at radius 2 is 1.75 bits per heavy atom. The summed E-state index contributed by atoms with van der Waals surface area (Å²) in [6, 6.07) is 5.27. The van der Waals surface area contributed by atoms with Gasteiger partial charge >= 0.3 is 0 Å². The van der Waals surface area contributed by atoms with Gasteiger partial charge in [-0.1, -0.05) is 6.92 Å². The van der Waals surface area contributed by atoms with E-state index in [-0.39, 0.29) is 29.6 Å². The predicted octanol–water partition coefficient (Wildman–Crippen LogP) is 0.881. The van der Waals surface area contributed by atoms with Crippen molar-refractivity contribution in [1.29, 1.82) is 0 Å². The monoisotopic (exact) mass is 300 g/mol. The van der Waals surface area contributed by atoms with Gasteiger partial charge in [0.25, 0.3) is 0 Å². The van der Waals surface area contributed by atoms with Gasteiger partial charge in [0.2, 0.25) is 15.9 Å². The summed E-state index contributed by atoms with van der Waals surface area (Å²) in [7, 11) is -0.568. The highest BCUT2D eigenvalue weighted by Crippen LogP contribution is 2.19. The minimum absolute atomic E-state index is 0.00430. The fourth-order valence-electron chi connectivity index (χ4n) is 1.59. The molecule has 1 aromatic rings. The Labute approximate surface area is 119 Å². The summed E-state index contributed by atoms with van der Waals surface area (Å²) < 4.78 is 26.1. The summed E-state index contributed by atoms with van der Waals surface area (Å²) in [5.74, 6) is -0.281. The number of amides is 1. The van der Waals surface area contributed by atoms with Crippen LogP contribution in [0.3, 0.4) is 0 Å². The molecule has 0 saturated heterocycles. The third-order valence-corrected chi connectivity index (χ3v) is 4.62. The van der Waals surface area contributed by atoms with Crippen molar-refractivity contribution in [3.05, 3.63) is 24.3 Å². The molecule has 0 radical (unpaired) electrons. The standard InChI is InChI=1S/C13H20N2O4S/c1-4-9-15(10-13(17)14(2)3)20(18,19)12-7-5-11(16)6-8-12/h5-8,16H,4,9-10H2,1-3H3. The molecule has 1 N–H and O–H groups in total. The molecule has 0 spiro atoms. The maximum absolute atomic E-state index is 12.5. The summed E-state index contributed by atoms with van der Waals surface area (Å²) >= 11 is 0. The van der Waals surface area contributed by atoms with E-state index in [0.717, 1.165) is 4.31 Å². The van der Waals surface area contributed by atoms with Gasteiger partial charge in [0.1, 0.15) is 5.75 Å². The van der Waals surface area contributed by atoms with E-state index in [1.807, 2.05) is 6.92 Å². The number of phenols is 1. The number of hydrogen-bond acceptors (Lipinski definition) is 4. The zero-order valence-corrected chi connectivity index (χ0v) is 12.7. The molecule has 1 rings (SSSR count). The summed E-state index contributed by atoms with van der Waals surface area (Å²) in [6.45, 7) is 1.92. The van der Waals surface area contributed by atoms with Gasteiger partial charge in [-0.05, 0) is 30.7 Å². The summed E-state index contributed by atoms with van der Waals surface area (Å²) in [4.78, 5) is 13.2. The van der Waals surface area contributed by atoms with Gasteiger partial charge in [-0.3, -0.25) is 4.79 Å². The van der Waals surface area contributed by atoms with Crippen LogP contribution in [0.1, 0.15) is 13.3 Å². The van der Waals surface area contributed by atoms with Crippen LogP contribution in [-0.4, -0.2) is 55.8 Å². The van der Waals surface area contributed by atoms with Crippen molar-refractivity contribution >= 4 is 15.9 Å². The third-order valence-electron chi connectivity index (χ3n) is 2.76. The van der Waals surface area contributed by atoms with Crippen LogP contribution in [-0.2, 0) is 14.8 Å². The Hall–Kier alpha value is -1.60. The highest BCUT2D eigenvalue weighted by Gasteiger charge is 2.26. The molecule has 7 heteroatoms. The van der Waals surface area contributed by atoms with Gasteiger partial charge in [-0.25, -0.2) is 8.42 Å². The number of sulfonamides is 1. The Kier molecular flexibility index (Phi) is 5.52. The second kappa shape index (κ2) is 6.71. The molecule has 0 aliphatic rings. The van der Waals surface area contributed by atoms with Crippen molar-refractivity contribution < 1.29 is 18.3 Å². The average molecular weight is 300 g/mol. The number of likely N-dealkylation sites (N-methyl/N-ethyl adjacent to an activating group) is 1. The molecular formula is C13H20N2O4S. The van der Waals surface area contributed by atoms with Crippen LogP contribution in [0.2, 0.25) is 0 Å². The Balaban J connectivity index is 3.05. The maximum atomic E-state index is 12.5. The Bertz CT molecular complexity index is 552. The number of phenolic OH excluding ortho intramolecular Hbond substituents is 1. The predicted molar refractivity (Wildman–Crippen MR) is 75.9 cm³/mol. The first-order valence-corrected chi connectivity index (χ1v) is 7.72. The van der Waals surface area contributed by atoms with Gasteiger partial charge in [0, 0.05) is 20.6 Å². The molecule has 0 bridgehead atoms. The number of nitrogens with zero attached hydrogens (tertiary/aromatic N) is 2. The summed E-state index contributed by atoms with van der Waals surface area (Å²) in [5.41, 5.74) is 0. The number of rotatable bonds is 6. The van der Waals surface area contributed by atoms with E-state index in [1.165, 1.54) is 29.2 Å². The zero-order chi connectivity index (χ0) is 15.3. The van der Waals surface area contributed by atoms with Gasteiger partial charge < -0.3 is 10.0 Å². The van der Waals surface area contributed by atoms with E-state index in [4.69, 9.17) is 0 Å². The average Bonchev–Trinajstić information content (AvgIpc) is 2.38. The molecule has 0 aliphatic carbocycles. The van der Waals surface area contributed by atoms with E-state index in [9.17, 15) is 18.3 Å². The molecule has 0 atom stereocenters. The molecule has 0 unspecified atom stereocenters. The largest absolute Gasteiger partial charge is 0.508 e. The summed E-state index contributed by atoms with van der Waals surface area (Å²) in [5, 5.41) is 9.21. The third kappa shape index (κ3) is 3.94. The molecule has 0 heterocycles. The Morgan fingerprint density at radius 3 is 2.20 bits per heavy atom. The van der Waals surface area contributed by atoms with Crippen molar-refractivity contribution in [2.75, 3.05) is 27.2 Å². The van der Waals surface area contributed by atoms with Crippen LogP contribution in [0.25, 0.3) is 0 Å². The van der Waals surface area contributed by atoms with Crippen molar-refractivity contribution in [3.8, 4) is 5.75 Å². The van der Waals surface area contributed by atoms with Gasteiger partial charge in [-0.2, -0.15) is 4.31 Å². The molecule has 20 heavy (non-hydrogen) atoms. The topological polar surface area (TPSA) is 77.9 Å². The van der Waals surface area contributed by atoms with Crippen LogP contribution in [0, 0.1) is 0 Å².